The fraction of sp³-hybridized carbons (Fsp3) is 0.438. The molecule has 6 nitrogen and oxygen atoms in total. The molecule has 25 heavy (non-hydrogen) atoms. The number of aliphatic carboxylic acids is 1. The first-order valence-corrected chi connectivity index (χ1v) is 9.98. The number of carbonyl (C=O) groups is 1. The van der Waals surface area contributed by atoms with E-state index in [2.05, 4.69) is 0 Å². The summed E-state index contributed by atoms with van der Waals surface area (Å²) in [6, 6.07) is 4.38. The van der Waals surface area contributed by atoms with Crippen molar-refractivity contribution in [2.75, 3.05) is 13.1 Å². The van der Waals surface area contributed by atoms with Gasteiger partial charge in [-0.3, -0.25) is 4.79 Å². The first-order chi connectivity index (χ1) is 11.7. The van der Waals surface area contributed by atoms with Gasteiger partial charge >= 0.3 is 5.97 Å². The molecule has 0 radical (unpaired) electrons. The number of rotatable bonds is 4. The van der Waals surface area contributed by atoms with E-state index < -0.39 is 15.8 Å². The zero-order valence-corrected chi connectivity index (χ0v) is 15.0. The van der Waals surface area contributed by atoms with Gasteiger partial charge in [0.25, 0.3) is 7.12 Å². The molecule has 0 aliphatic carbocycles. The molecule has 0 spiro atoms. The number of hydrogen-bond donors (Lipinski definition) is 1. The number of aromatic nitrogens is 1. The zero-order valence-electron chi connectivity index (χ0n) is 14.2. The average molecular weight is 366 g/mol. The third-order valence-electron chi connectivity index (χ3n) is 4.96. The molecule has 1 aliphatic heterocycles. The lowest BCUT2D eigenvalue weighted by molar-refractivity contribution is -0.137. The van der Waals surface area contributed by atoms with Crippen LogP contribution in [0.4, 0.5) is 4.39 Å². The molecule has 0 amide bonds. The van der Waals surface area contributed by atoms with Crippen LogP contribution in [0.5, 0.6) is 0 Å². The molecule has 2 aromatic rings. The number of fused-ring (bicyclic) bond motifs is 1. The van der Waals surface area contributed by atoms with Gasteiger partial charge in [0, 0.05) is 29.7 Å². The summed E-state index contributed by atoms with van der Waals surface area (Å²) in [5.41, 5.74) is 2.44. The van der Waals surface area contributed by atoms with Crippen molar-refractivity contribution >= 4 is 33.9 Å². The van der Waals surface area contributed by atoms with E-state index in [9.17, 15) is 22.7 Å². The van der Waals surface area contributed by atoms with E-state index in [4.69, 9.17) is 0 Å². The second kappa shape index (κ2) is 6.46. The lowest BCUT2D eigenvalue weighted by Gasteiger charge is -2.31. The highest BCUT2D eigenvalue weighted by molar-refractivity contribution is 8.10. The van der Waals surface area contributed by atoms with Crippen molar-refractivity contribution in [3.8, 4) is 0 Å². The predicted octanol–water partition coefficient (Wildman–Crippen LogP) is 1.23. The molecule has 0 bridgehead atoms. The van der Waals surface area contributed by atoms with Gasteiger partial charge in [-0.1, -0.05) is 0 Å². The zero-order chi connectivity index (χ0) is 18.4. The van der Waals surface area contributed by atoms with Gasteiger partial charge in [-0.25, -0.2) is 17.1 Å². The molecule has 1 N–H and O–H groups in total. The number of piperidine rings is 1. The predicted molar refractivity (Wildman–Crippen MR) is 95.3 cm³/mol. The number of nitrogens with zero attached hydrogens (tertiary/aromatic N) is 2. The van der Waals surface area contributed by atoms with E-state index in [1.54, 1.807) is 10.6 Å². The standard InChI is InChI=1S/C16H20BFN2O4S/c1-10-16(11-4-6-19(7-5-11)25(17,23)24)13-8-12(18)2-3-14(13)20(10)9-15(21)22/h2-3,8,11H,4-7,9,17H2,1H3,(H,21,22). The molecule has 1 aromatic carbocycles. The molecule has 1 aromatic heterocycles. The van der Waals surface area contributed by atoms with Crippen LogP contribution in [0.2, 0.25) is 0 Å². The van der Waals surface area contributed by atoms with Crippen LogP contribution in [0.25, 0.3) is 10.9 Å². The first kappa shape index (κ1) is 17.9. The Morgan fingerprint density at radius 3 is 2.56 bits per heavy atom. The minimum absolute atomic E-state index is 0.0809. The van der Waals surface area contributed by atoms with Crippen LogP contribution in [0.15, 0.2) is 18.2 Å². The Bertz CT molecular complexity index is 933. The molecule has 1 fully saturated rings. The number of halogens is 1. The Hall–Kier alpha value is -1.87. The second-order valence-corrected chi connectivity index (χ2v) is 8.56. The summed E-state index contributed by atoms with van der Waals surface area (Å²) in [5.74, 6) is -1.24. The third kappa shape index (κ3) is 3.43. The van der Waals surface area contributed by atoms with Crippen LogP contribution in [-0.2, 0) is 21.2 Å². The Morgan fingerprint density at radius 1 is 1.36 bits per heavy atom. The van der Waals surface area contributed by atoms with Crippen LogP contribution in [0, 0.1) is 12.7 Å². The van der Waals surface area contributed by atoms with E-state index in [0.29, 0.717) is 31.4 Å². The van der Waals surface area contributed by atoms with Crippen molar-refractivity contribution in [2.24, 2.45) is 0 Å². The van der Waals surface area contributed by atoms with Gasteiger partial charge in [0.2, 0.25) is 0 Å². The second-order valence-electron chi connectivity index (χ2n) is 6.58. The minimum atomic E-state index is -3.21. The SMILES string of the molecule is BS(=O)(=O)N1CCC(c2c(C)n(CC(=O)O)c3ccc(F)cc23)CC1. The maximum atomic E-state index is 13.8. The van der Waals surface area contributed by atoms with Crippen molar-refractivity contribution in [3.05, 3.63) is 35.3 Å². The summed E-state index contributed by atoms with van der Waals surface area (Å²) in [5, 5.41) is 9.90. The van der Waals surface area contributed by atoms with Gasteiger partial charge in [-0.15, -0.1) is 0 Å². The Balaban J connectivity index is 2.03. The normalized spacial score (nSPS) is 17.2. The van der Waals surface area contributed by atoms with Gasteiger partial charge in [0.05, 0.1) is 0 Å². The van der Waals surface area contributed by atoms with Crippen molar-refractivity contribution in [2.45, 2.75) is 32.2 Å². The summed E-state index contributed by atoms with van der Waals surface area (Å²) in [6.45, 7) is 2.50. The van der Waals surface area contributed by atoms with Crippen LogP contribution in [0.3, 0.4) is 0 Å². The number of carboxylic acid groups (broad SMARTS) is 1. The molecule has 1 saturated heterocycles. The van der Waals surface area contributed by atoms with Crippen molar-refractivity contribution in [3.63, 3.8) is 0 Å². The fourth-order valence-corrected chi connectivity index (χ4v) is 4.68. The summed E-state index contributed by atoms with van der Waals surface area (Å²) < 4.78 is 40.3. The van der Waals surface area contributed by atoms with Crippen LogP contribution < -0.4 is 0 Å². The maximum absolute atomic E-state index is 13.8. The quantitative estimate of drug-likeness (QED) is 0.826. The van der Waals surface area contributed by atoms with Crippen molar-refractivity contribution < 1.29 is 22.7 Å². The Labute approximate surface area is 146 Å². The van der Waals surface area contributed by atoms with Gasteiger partial charge in [-0.05, 0) is 49.4 Å². The summed E-state index contributed by atoms with van der Waals surface area (Å²) in [6.07, 6.45) is 1.27. The van der Waals surface area contributed by atoms with Gasteiger partial charge in [0.15, 0.2) is 9.87 Å². The molecular weight excluding hydrogens is 346 g/mol. The van der Waals surface area contributed by atoms with Gasteiger partial charge in [-0.2, -0.15) is 0 Å². The third-order valence-corrected chi connectivity index (χ3v) is 6.26. The lowest BCUT2D eigenvalue weighted by Crippen LogP contribution is -2.37. The first-order valence-electron chi connectivity index (χ1n) is 8.13. The Kier molecular flexibility index (Phi) is 4.63. The maximum Gasteiger partial charge on any atom is 0.323 e. The van der Waals surface area contributed by atoms with E-state index in [1.807, 2.05) is 6.92 Å². The van der Waals surface area contributed by atoms with Crippen molar-refractivity contribution in [1.82, 2.24) is 8.87 Å². The van der Waals surface area contributed by atoms with Crippen molar-refractivity contribution in [1.29, 1.82) is 0 Å². The van der Waals surface area contributed by atoms with E-state index >= 15 is 0 Å². The van der Waals surface area contributed by atoms with E-state index in [0.717, 1.165) is 16.6 Å². The molecular formula is C16H20BFN2O4S. The van der Waals surface area contributed by atoms with Crippen LogP contribution in [-0.4, -0.2) is 48.6 Å². The monoisotopic (exact) mass is 366 g/mol. The molecule has 0 unspecified atom stereocenters. The van der Waals surface area contributed by atoms with E-state index in [-0.39, 0.29) is 18.3 Å². The molecule has 3 rings (SSSR count). The lowest BCUT2D eigenvalue weighted by atomic mass is 9.88. The molecule has 9 heteroatoms. The molecule has 134 valence electrons. The van der Waals surface area contributed by atoms with Crippen LogP contribution in [0.1, 0.15) is 30.0 Å². The molecule has 0 saturated carbocycles. The molecule has 0 atom stereocenters. The summed E-state index contributed by atoms with van der Waals surface area (Å²) >= 11 is 0. The summed E-state index contributed by atoms with van der Waals surface area (Å²) in [4.78, 5) is 11.2. The largest absolute Gasteiger partial charge is 0.480 e. The van der Waals surface area contributed by atoms with Crippen LogP contribution >= 0.6 is 0 Å². The average Bonchev–Trinajstić information content (AvgIpc) is 2.78. The highest BCUT2D eigenvalue weighted by atomic mass is 32.2. The van der Waals surface area contributed by atoms with Gasteiger partial charge in [0.1, 0.15) is 12.4 Å². The number of carboxylic acids is 1. The number of benzene rings is 1. The highest BCUT2D eigenvalue weighted by Gasteiger charge is 2.29. The summed E-state index contributed by atoms with van der Waals surface area (Å²) in [7, 11) is -2.01. The van der Waals surface area contributed by atoms with Gasteiger partial charge < -0.3 is 9.67 Å². The number of hydrogen-bond acceptors (Lipinski definition) is 3. The molecule has 2 heterocycles. The topological polar surface area (TPSA) is 79.6 Å². The Morgan fingerprint density at radius 2 is 2.00 bits per heavy atom. The fourth-order valence-electron chi connectivity index (χ4n) is 3.81. The molecule has 1 aliphatic rings. The van der Waals surface area contributed by atoms with E-state index in [1.165, 1.54) is 23.6 Å². The minimum Gasteiger partial charge on any atom is -0.480 e. The highest BCUT2D eigenvalue weighted by Crippen LogP contribution is 2.38. The smallest absolute Gasteiger partial charge is 0.323 e.